The number of carboxylic acid groups (broad SMARTS) is 1. The fraction of sp³-hybridized carbons (Fsp3) is 0.188. The molecule has 2 rings (SSSR count). The number of amides is 1. The Hall–Kier alpha value is -3.01. The second kappa shape index (κ2) is 8.90. The first-order valence-corrected chi connectivity index (χ1v) is 7.07. The molecule has 0 atom stereocenters. The van der Waals surface area contributed by atoms with Gasteiger partial charge in [0, 0.05) is 12.7 Å². The number of benzene rings is 1. The Bertz CT molecular complexity index is 795. The molecule has 26 heavy (non-hydrogen) atoms. The first-order chi connectivity index (χ1) is 12.0. The summed E-state index contributed by atoms with van der Waals surface area (Å²) in [4.78, 5) is 24.8. The second-order valence-corrected chi connectivity index (χ2v) is 4.99. The highest BCUT2D eigenvalue weighted by molar-refractivity contribution is 6.04. The number of alkyl halides is 3. The summed E-state index contributed by atoms with van der Waals surface area (Å²) in [5.74, 6) is -3.48. The number of nitrogens with two attached hydrogens (primary N) is 1. The van der Waals surface area contributed by atoms with Crippen LogP contribution in [0.25, 0.3) is 0 Å². The molecule has 0 saturated carbocycles. The maximum absolute atomic E-state index is 13.6. The lowest BCUT2D eigenvalue weighted by Gasteiger charge is -2.07. The largest absolute Gasteiger partial charge is 0.490 e. The SMILES string of the molecule is Cc1ccc(C(=O)Nc2cc(CN)ccn2)c(F)c1.O=C(O)C(F)(F)F. The van der Waals surface area contributed by atoms with E-state index in [9.17, 15) is 22.4 Å². The number of aryl methyl sites for hydroxylation is 1. The van der Waals surface area contributed by atoms with E-state index in [1.165, 1.54) is 12.1 Å². The van der Waals surface area contributed by atoms with Crippen molar-refractivity contribution in [3.63, 3.8) is 0 Å². The van der Waals surface area contributed by atoms with Crippen LogP contribution in [-0.4, -0.2) is 28.1 Å². The number of hydrogen-bond donors (Lipinski definition) is 3. The smallest absolute Gasteiger partial charge is 0.475 e. The summed E-state index contributed by atoms with van der Waals surface area (Å²) in [5, 5.41) is 9.67. The summed E-state index contributed by atoms with van der Waals surface area (Å²) in [6.45, 7) is 2.11. The Morgan fingerprint density at radius 3 is 2.35 bits per heavy atom. The first-order valence-electron chi connectivity index (χ1n) is 7.07. The van der Waals surface area contributed by atoms with E-state index in [4.69, 9.17) is 15.6 Å². The molecule has 10 heteroatoms. The highest BCUT2D eigenvalue weighted by Crippen LogP contribution is 2.14. The molecule has 1 heterocycles. The van der Waals surface area contributed by atoms with Crippen LogP contribution in [0.15, 0.2) is 36.5 Å². The van der Waals surface area contributed by atoms with Crippen LogP contribution in [0, 0.1) is 12.7 Å². The maximum atomic E-state index is 13.6. The topological polar surface area (TPSA) is 105 Å². The zero-order chi connectivity index (χ0) is 19.9. The van der Waals surface area contributed by atoms with Crippen molar-refractivity contribution in [2.24, 2.45) is 5.73 Å². The van der Waals surface area contributed by atoms with Gasteiger partial charge in [0.05, 0.1) is 5.56 Å². The number of aliphatic carboxylic acids is 1. The number of rotatable bonds is 3. The van der Waals surface area contributed by atoms with E-state index in [2.05, 4.69) is 10.3 Å². The lowest BCUT2D eigenvalue weighted by atomic mass is 10.1. The molecule has 0 fully saturated rings. The Balaban J connectivity index is 0.000000412. The van der Waals surface area contributed by atoms with Gasteiger partial charge in [-0.2, -0.15) is 13.2 Å². The average Bonchev–Trinajstić information content (AvgIpc) is 2.54. The van der Waals surface area contributed by atoms with Gasteiger partial charge in [-0.1, -0.05) is 6.07 Å². The molecule has 0 spiro atoms. The van der Waals surface area contributed by atoms with Gasteiger partial charge in [-0.15, -0.1) is 0 Å². The van der Waals surface area contributed by atoms with E-state index >= 15 is 0 Å². The number of carbonyl (C=O) groups excluding carboxylic acids is 1. The van der Waals surface area contributed by atoms with Gasteiger partial charge in [-0.3, -0.25) is 4.79 Å². The lowest BCUT2D eigenvalue weighted by molar-refractivity contribution is -0.192. The summed E-state index contributed by atoms with van der Waals surface area (Å²) in [6, 6.07) is 7.86. The standard InChI is InChI=1S/C14H14FN3O.C2HF3O2/c1-9-2-3-11(12(15)6-9)14(19)18-13-7-10(8-16)4-5-17-13;3-2(4,5)1(6)7/h2-7H,8,16H2,1H3,(H,17,18,19);(H,6,7). The number of nitrogens with one attached hydrogen (secondary N) is 1. The van der Waals surface area contributed by atoms with Gasteiger partial charge in [0.15, 0.2) is 0 Å². The van der Waals surface area contributed by atoms with E-state index in [1.54, 1.807) is 31.3 Å². The summed E-state index contributed by atoms with van der Waals surface area (Å²) in [5.41, 5.74) is 7.10. The van der Waals surface area contributed by atoms with Gasteiger partial charge in [-0.25, -0.2) is 14.2 Å². The third-order valence-corrected chi connectivity index (χ3v) is 2.91. The molecule has 1 amide bonds. The molecular weight excluding hydrogens is 358 g/mol. The highest BCUT2D eigenvalue weighted by Gasteiger charge is 2.38. The summed E-state index contributed by atoms with van der Waals surface area (Å²) < 4.78 is 45.4. The molecule has 0 radical (unpaired) electrons. The molecule has 1 aromatic carbocycles. The van der Waals surface area contributed by atoms with Crippen LogP contribution in [0.1, 0.15) is 21.5 Å². The predicted octanol–water partition coefficient (Wildman–Crippen LogP) is 2.87. The van der Waals surface area contributed by atoms with Gasteiger partial charge in [-0.05, 0) is 42.3 Å². The number of carboxylic acids is 1. The van der Waals surface area contributed by atoms with Crippen molar-refractivity contribution >= 4 is 17.7 Å². The number of carbonyl (C=O) groups is 2. The molecule has 4 N–H and O–H groups in total. The minimum atomic E-state index is -5.08. The van der Waals surface area contributed by atoms with E-state index < -0.39 is 23.9 Å². The minimum absolute atomic E-state index is 0.00875. The zero-order valence-corrected chi connectivity index (χ0v) is 13.5. The maximum Gasteiger partial charge on any atom is 0.490 e. The Morgan fingerprint density at radius 2 is 1.85 bits per heavy atom. The molecule has 1 aromatic heterocycles. The molecule has 0 unspecified atom stereocenters. The van der Waals surface area contributed by atoms with Crippen molar-refractivity contribution < 1.29 is 32.3 Å². The van der Waals surface area contributed by atoms with Crippen LogP contribution < -0.4 is 11.1 Å². The van der Waals surface area contributed by atoms with Crippen molar-refractivity contribution in [1.29, 1.82) is 0 Å². The van der Waals surface area contributed by atoms with Gasteiger partial charge >= 0.3 is 12.1 Å². The molecule has 140 valence electrons. The molecule has 2 aromatic rings. The van der Waals surface area contributed by atoms with Crippen LogP contribution >= 0.6 is 0 Å². The van der Waals surface area contributed by atoms with Crippen molar-refractivity contribution in [2.75, 3.05) is 5.32 Å². The Kier molecular flexibility index (Phi) is 7.20. The molecular formula is C16H15F4N3O3. The van der Waals surface area contributed by atoms with Crippen molar-refractivity contribution in [3.8, 4) is 0 Å². The monoisotopic (exact) mass is 373 g/mol. The van der Waals surface area contributed by atoms with Gasteiger partial charge < -0.3 is 16.2 Å². The number of halogens is 4. The fourth-order valence-corrected chi connectivity index (χ4v) is 1.66. The number of nitrogens with zero attached hydrogens (tertiary/aromatic N) is 1. The van der Waals surface area contributed by atoms with Crippen LogP contribution in [-0.2, 0) is 11.3 Å². The first kappa shape index (κ1) is 21.0. The van der Waals surface area contributed by atoms with Gasteiger partial charge in [0.1, 0.15) is 11.6 Å². The van der Waals surface area contributed by atoms with Gasteiger partial charge in [0.25, 0.3) is 5.91 Å². The predicted molar refractivity (Wildman–Crippen MR) is 84.9 cm³/mol. The number of aromatic nitrogens is 1. The van der Waals surface area contributed by atoms with E-state index in [1.807, 2.05) is 0 Å². The summed E-state index contributed by atoms with van der Waals surface area (Å²) in [6.07, 6.45) is -3.54. The van der Waals surface area contributed by atoms with Crippen LogP contribution in [0.4, 0.5) is 23.4 Å². The molecule has 0 aliphatic carbocycles. The minimum Gasteiger partial charge on any atom is -0.475 e. The van der Waals surface area contributed by atoms with E-state index in [0.717, 1.165) is 11.1 Å². The van der Waals surface area contributed by atoms with Crippen molar-refractivity contribution in [1.82, 2.24) is 4.98 Å². The summed E-state index contributed by atoms with van der Waals surface area (Å²) >= 11 is 0. The van der Waals surface area contributed by atoms with Crippen molar-refractivity contribution in [3.05, 3.63) is 59.0 Å². The van der Waals surface area contributed by atoms with E-state index in [-0.39, 0.29) is 5.56 Å². The normalized spacial score (nSPS) is 10.5. The number of hydrogen-bond acceptors (Lipinski definition) is 4. The molecule has 0 bridgehead atoms. The van der Waals surface area contributed by atoms with Gasteiger partial charge in [0.2, 0.25) is 0 Å². The van der Waals surface area contributed by atoms with E-state index in [0.29, 0.717) is 12.4 Å². The quantitative estimate of drug-likeness (QED) is 0.718. The third kappa shape index (κ3) is 6.48. The fourth-order valence-electron chi connectivity index (χ4n) is 1.66. The van der Waals surface area contributed by atoms with Crippen LogP contribution in [0.2, 0.25) is 0 Å². The molecule has 0 saturated heterocycles. The highest BCUT2D eigenvalue weighted by atomic mass is 19.4. The van der Waals surface area contributed by atoms with Crippen LogP contribution in [0.5, 0.6) is 0 Å². The molecule has 0 aliphatic heterocycles. The average molecular weight is 373 g/mol. The Labute approximate surface area is 145 Å². The summed E-state index contributed by atoms with van der Waals surface area (Å²) in [7, 11) is 0. The molecule has 0 aliphatic rings. The zero-order valence-electron chi connectivity index (χ0n) is 13.5. The lowest BCUT2D eigenvalue weighted by Crippen LogP contribution is -2.21. The molecule has 6 nitrogen and oxygen atoms in total. The third-order valence-electron chi connectivity index (χ3n) is 2.91. The van der Waals surface area contributed by atoms with Crippen LogP contribution in [0.3, 0.4) is 0 Å². The number of pyridine rings is 1. The van der Waals surface area contributed by atoms with Crippen molar-refractivity contribution in [2.45, 2.75) is 19.6 Å². The number of anilines is 1. The second-order valence-electron chi connectivity index (χ2n) is 4.99. The Morgan fingerprint density at radius 1 is 1.23 bits per heavy atom.